The van der Waals surface area contributed by atoms with Gasteiger partial charge in [0.05, 0.1) is 25.7 Å². The third-order valence-electron chi connectivity index (χ3n) is 5.37. The Morgan fingerprint density at radius 1 is 1.21 bits per heavy atom. The second kappa shape index (κ2) is 9.63. The van der Waals surface area contributed by atoms with E-state index in [1.165, 1.54) is 24.3 Å². The van der Waals surface area contributed by atoms with Crippen molar-refractivity contribution in [1.29, 1.82) is 0 Å². The molecule has 1 aliphatic heterocycles. The fourth-order valence-electron chi connectivity index (χ4n) is 3.52. The number of halogens is 3. The Kier molecular flexibility index (Phi) is 6.63. The van der Waals surface area contributed by atoms with E-state index in [1.807, 2.05) is 0 Å². The molecule has 2 amide bonds. The largest absolute Gasteiger partial charge is 0.471 e. The van der Waals surface area contributed by atoms with Gasteiger partial charge in [-0.05, 0) is 18.2 Å². The van der Waals surface area contributed by atoms with Crippen LogP contribution in [0.2, 0.25) is 0 Å². The standard InChI is InChI=1S/C21H21F3N6O4/c1-29-15(6-7-26-29)10-17(31)30-8-9-33-12-16(30)11-25-19(32)14-4-2-13(3-5-14)18-27-20(34-28-18)21(22,23)24/h2-7,16H,8-12H2,1H3,(H,25,32)/t16-/m0/s1. The van der Waals surface area contributed by atoms with E-state index >= 15 is 0 Å². The number of nitrogens with one attached hydrogen (secondary N) is 1. The van der Waals surface area contributed by atoms with Crippen molar-refractivity contribution in [3.05, 3.63) is 53.7 Å². The van der Waals surface area contributed by atoms with Crippen molar-refractivity contribution in [2.75, 3.05) is 26.3 Å². The number of aryl methyl sites for hydroxylation is 1. The second-order valence-corrected chi connectivity index (χ2v) is 7.65. The third-order valence-corrected chi connectivity index (χ3v) is 5.37. The van der Waals surface area contributed by atoms with Gasteiger partial charge in [0.1, 0.15) is 0 Å². The van der Waals surface area contributed by atoms with Gasteiger partial charge in [-0.2, -0.15) is 23.3 Å². The highest BCUT2D eigenvalue weighted by Crippen LogP contribution is 2.29. The predicted molar refractivity (Wildman–Crippen MR) is 110 cm³/mol. The second-order valence-electron chi connectivity index (χ2n) is 7.65. The number of nitrogens with zero attached hydrogens (tertiary/aromatic N) is 5. The number of hydrogen-bond donors (Lipinski definition) is 1. The molecule has 1 atom stereocenters. The Labute approximate surface area is 191 Å². The van der Waals surface area contributed by atoms with Gasteiger partial charge in [-0.15, -0.1) is 0 Å². The average molecular weight is 478 g/mol. The number of aromatic nitrogens is 4. The van der Waals surface area contributed by atoms with Crippen molar-refractivity contribution in [3.8, 4) is 11.4 Å². The molecule has 1 N–H and O–H groups in total. The molecule has 34 heavy (non-hydrogen) atoms. The molecule has 4 rings (SSSR count). The quantitative estimate of drug-likeness (QED) is 0.573. The molecule has 0 spiro atoms. The molecule has 1 aliphatic rings. The van der Waals surface area contributed by atoms with E-state index in [9.17, 15) is 22.8 Å². The highest BCUT2D eigenvalue weighted by molar-refractivity contribution is 5.94. The minimum Gasteiger partial charge on any atom is -0.377 e. The normalized spacial score (nSPS) is 16.5. The summed E-state index contributed by atoms with van der Waals surface area (Å²) in [7, 11) is 1.76. The number of rotatable bonds is 6. The maximum absolute atomic E-state index is 12.8. The third kappa shape index (κ3) is 5.25. The summed E-state index contributed by atoms with van der Waals surface area (Å²) in [5, 5.41) is 10.2. The van der Waals surface area contributed by atoms with Gasteiger partial charge in [-0.1, -0.05) is 17.3 Å². The number of benzene rings is 1. The Morgan fingerprint density at radius 2 is 1.97 bits per heavy atom. The molecule has 0 aliphatic carbocycles. The SMILES string of the molecule is Cn1nccc1CC(=O)N1CCOC[C@@H]1CNC(=O)c1ccc(-c2noc(C(F)(F)F)n2)cc1. The Morgan fingerprint density at radius 3 is 2.62 bits per heavy atom. The predicted octanol–water partition coefficient (Wildman–Crippen LogP) is 1.69. The zero-order valence-corrected chi connectivity index (χ0v) is 18.1. The Bertz CT molecular complexity index is 1160. The summed E-state index contributed by atoms with van der Waals surface area (Å²) >= 11 is 0. The molecule has 1 fully saturated rings. The molecule has 1 aromatic carbocycles. The fraction of sp³-hybridized carbons (Fsp3) is 0.381. The molecular weight excluding hydrogens is 457 g/mol. The topological polar surface area (TPSA) is 115 Å². The van der Waals surface area contributed by atoms with Gasteiger partial charge in [0, 0.05) is 43.2 Å². The fourth-order valence-corrected chi connectivity index (χ4v) is 3.52. The first-order valence-electron chi connectivity index (χ1n) is 10.4. The van der Waals surface area contributed by atoms with Gasteiger partial charge in [0.25, 0.3) is 5.91 Å². The van der Waals surface area contributed by atoms with Crippen molar-refractivity contribution in [2.24, 2.45) is 7.05 Å². The van der Waals surface area contributed by atoms with Crippen molar-refractivity contribution in [3.63, 3.8) is 0 Å². The molecule has 1 saturated heterocycles. The maximum atomic E-state index is 12.8. The highest BCUT2D eigenvalue weighted by Gasteiger charge is 2.38. The summed E-state index contributed by atoms with van der Waals surface area (Å²) in [6, 6.07) is 7.17. The average Bonchev–Trinajstić information content (AvgIpc) is 3.47. The molecule has 13 heteroatoms. The zero-order chi connectivity index (χ0) is 24.3. The number of hydrogen-bond acceptors (Lipinski definition) is 7. The van der Waals surface area contributed by atoms with Crippen LogP contribution in [0.5, 0.6) is 0 Å². The summed E-state index contributed by atoms with van der Waals surface area (Å²) < 4.78 is 49.2. The molecule has 0 saturated carbocycles. The highest BCUT2D eigenvalue weighted by atomic mass is 19.4. The first kappa shape index (κ1) is 23.4. The minimum absolute atomic E-state index is 0.0890. The van der Waals surface area contributed by atoms with Crippen LogP contribution in [-0.4, -0.2) is 69.0 Å². The molecule has 10 nitrogen and oxygen atoms in total. The molecule has 0 bridgehead atoms. The van der Waals surface area contributed by atoms with Crippen molar-refractivity contribution in [2.45, 2.75) is 18.6 Å². The van der Waals surface area contributed by atoms with E-state index in [0.29, 0.717) is 13.2 Å². The first-order valence-corrected chi connectivity index (χ1v) is 10.4. The Balaban J connectivity index is 1.36. The van der Waals surface area contributed by atoms with Gasteiger partial charge < -0.3 is 19.5 Å². The molecule has 0 unspecified atom stereocenters. The molecule has 3 aromatic rings. The lowest BCUT2D eigenvalue weighted by Gasteiger charge is -2.35. The van der Waals surface area contributed by atoms with E-state index in [-0.39, 0.29) is 48.5 Å². The van der Waals surface area contributed by atoms with Crippen LogP contribution in [0.25, 0.3) is 11.4 Å². The zero-order valence-electron chi connectivity index (χ0n) is 18.1. The van der Waals surface area contributed by atoms with Gasteiger partial charge in [-0.25, -0.2) is 0 Å². The molecule has 3 heterocycles. The molecule has 2 aromatic heterocycles. The number of carbonyl (C=O) groups is 2. The maximum Gasteiger partial charge on any atom is 0.471 e. The van der Waals surface area contributed by atoms with Crippen molar-refractivity contribution < 1.29 is 32.0 Å². The van der Waals surface area contributed by atoms with E-state index in [4.69, 9.17) is 4.74 Å². The van der Waals surface area contributed by atoms with Gasteiger partial charge >= 0.3 is 12.1 Å². The van der Waals surface area contributed by atoms with E-state index in [1.54, 1.807) is 28.9 Å². The van der Waals surface area contributed by atoms with Crippen molar-refractivity contribution >= 4 is 11.8 Å². The van der Waals surface area contributed by atoms with E-state index in [2.05, 4.69) is 25.1 Å². The molecular formula is C21H21F3N6O4. The van der Waals surface area contributed by atoms with E-state index in [0.717, 1.165) is 5.69 Å². The summed E-state index contributed by atoms with van der Waals surface area (Å²) in [5.41, 5.74) is 1.33. The first-order chi connectivity index (χ1) is 16.2. The summed E-state index contributed by atoms with van der Waals surface area (Å²) in [6.07, 6.45) is -2.92. The van der Waals surface area contributed by atoms with Crippen LogP contribution >= 0.6 is 0 Å². The minimum atomic E-state index is -4.74. The lowest BCUT2D eigenvalue weighted by atomic mass is 10.1. The Hall–Kier alpha value is -3.74. The van der Waals surface area contributed by atoms with Crippen LogP contribution in [0.3, 0.4) is 0 Å². The molecule has 180 valence electrons. The van der Waals surface area contributed by atoms with Crippen LogP contribution in [0.15, 0.2) is 41.1 Å². The monoisotopic (exact) mass is 478 g/mol. The summed E-state index contributed by atoms with van der Waals surface area (Å²) in [6.45, 7) is 1.29. The number of morpholine rings is 1. The number of alkyl halides is 3. The summed E-state index contributed by atoms with van der Waals surface area (Å²) in [4.78, 5) is 30.4. The molecule has 0 radical (unpaired) electrons. The number of amides is 2. The van der Waals surface area contributed by atoms with Crippen molar-refractivity contribution in [1.82, 2.24) is 30.1 Å². The smallest absolute Gasteiger partial charge is 0.377 e. The van der Waals surface area contributed by atoms with Crippen LogP contribution in [-0.2, 0) is 29.2 Å². The van der Waals surface area contributed by atoms with Gasteiger partial charge in [0.15, 0.2) is 0 Å². The lowest BCUT2D eigenvalue weighted by Crippen LogP contribution is -2.54. The van der Waals surface area contributed by atoms with Gasteiger partial charge in [0.2, 0.25) is 11.7 Å². The van der Waals surface area contributed by atoms with Crippen LogP contribution in [0.4, 0.5) is 13.2 Å². The van der Waals surface area contributed by atoms with Crippen LogP contribution in [0.1, 0.15) is 21.9 Å². The van der Waals surface area contributed by atoms with Crippen LogP contribution < -0.4 is 5.32 Å². The van der Waals surface area contributed by atoms with Crippen LogP contribution in [0, 0.1) is 0 Å². The van der Waals surface area contributed by atoms with E-state index < -0.39 is 18.0 Å². The van der Waals surface area contributed by atoms with Gasteiger partial charge in [-0.3, -0.25) is 14.3 Å². The summed E-state index contributed by atoms with van der Waals surface area (Å²) in [5.74, 6) is -2.17. The number of carbonyl (C=O) groups excluding carboxylic acids is 2. The lowest BCUT2D eigenvalue weighted by molar-refractivity contribution is -0.159. The number of ether oxygens (including phenoxy) is 1.